The third-order valence-corrected chi connectivity index (χ3v) is 2.36. The molecule has 0 aromatic rings. The van der Waals surface area contributed by atoms with Gasteiger partial charge in [0.1, 0.15) is 0 Å². The van der Waals surface area contributed by atoms with E-state index in [9.17, 15) is 0 Å². The van der Waals surface area contributed by atoms with E-state index in [0.717, 1.165) is 18.1 Å². The molecule has 0 aromatic carbocycles. The van der Waals surface area contributed by atoms with Gasteiger partial charge in [0.25, 0.3) is 0 Å². The lowest BCUT2D eigenvalue weighted by Crippen LogP contribution is -2.47. The van der Waals surface area contributed by atoms with Gasteiger partial charge in [0.15, 0.2) is 0 Å². The van der Waals surface area contributed by atoms with Crippen LogP contribution in [0.3, 0.4) is 0 Å². The summed E-state index contributed by atoms with van der Waals surface area (Å²) in [5, 5.41) is 7.07. The molecule has 2 aliphatic rings. The molecule has 3 unspecified atom stereocenters. The second kappa shape index (κ2) is 1.96. The molecule has 52 valence electrons. The molecule has 1 heterocycles. The molecule has 0 amide bonds. The average Bonchev–Trinajstić information content (AvgIpc) is 2.64. The SMILES string of the molecule is CCC1CNC2CC2N1. The summed E-state index contributed by atoms with van der Waals surface area (Å²) in [7, 11) is 0. The predicted molar refractivity (Wildman–Crippen MR) is 37.4 cm³/mol. The lowest BCUT2D eigenvalue weighted by atomic mass is 10.2. The normalized spacial score (nSPS) is 48.3. The van der Waals surface area contributed by atoms with E-state index >= 15 is 0 Å². The Morgan fingerprint density at radius 2 is 2.33 bits per heavy atom. The van der Waals surface area contributed by atoms with Gasteiger partial charge >= 0.3 is 0 Å². The fourth-order valence-corrected chi connectivity index (χ4v) is 1.52. The highest BCUT2D eigenvalue weighted by Gasteiger charge is 2.40. The molecule has 1 saturated carbocycles. The van der Waals surface area contributed by atoms with Gasteiger partial charge in [-0.1, -0.05) is 6.92 Å². The molecule has 2 heteroatoms. The van der Waals surface area contributed by atoms with Gasteiger partial charge in [-0.15, -0.1) is 0 Å². The van der Waals surface area contributed by atoms with Crippen molar-refractivity contribution in [2.75, 3.05) is 6.54 Å². The number of fused-ring (bicyclic) bond motifs is 1. The zero-order valence-corrected chi connectivity index (χ0v) is 5.85. The molecule has 2 nitrogen and oxygen atoms in total. The second-order valence-electron chi connectivity index (χ2n) is 3.13. The Balaban J connectivity index is 1.86. The van der Waals surface area contributed by atoms with Crippen molar-refractivity contribution in [2.24, 2.45) is 0 Å². The Morgan fingerprint density at radius 3 is 3.00 bits per heavy atom. The minimum atomic E-state index is 0.744. The van der Waals surface area contributed by atoms with E-state index in [1.165, 1.54) is 19.4 Å². The molecule has 0 bridgehead atoms. The number of rotatable bonds is 1. The Hall–Kier alpha value is -0.0800. The molecule has 2 N–H and O–H groups in total. The maximum atomic E-state index is 3.58. The maximum Gasteiger partial charge on any atom is 0.0240 e. The van der Waals surface area contributed by atoms with Crippen LogP contribution in [0.5, 0.6) is 0 Å². The highest BCUT2D eigenvalue weighted by atomic mass is 15.2. The molecular formula is C7H14N2. The summed E-state index contributed by atoms with van der Waals surface area (Å²) in [4.78, 5) is 0. The van der Waals surface area contributed by atoms with Crippen LogP contribution in [-0.2, 0) is 0 Å². The van der Waals surface area contributed by atoms with Gasteiger partial charge in [0, 0.05) is 24.7 Å². The first kappa shape index (κ1) is 5.69. The third-order valence-electron chi connectivity index (χ3n) is 2.36. The molecule has 1 aliphatic heterocycles. The molecule has 1 aliphatic carbocycles. The van der Waals surface area contributed by atoms with E-state index in [4.69, 9.17) is 0 Å². The summed E-state index contributed by atoms with van der Waals surface area (Å²) in [6.45, 7) is 3.42. The Labute approximate surface area is 56.0 Å². The van der Waals surface area contributed by atoms with Crippen LogP contribution in [0.4, 0.5) is 0 Å². The van der Waals surface area contributed by atoms with Crippen LogP contribution in [0, 0.1) is 0 Å². The fraction of sp³-hybridized carbons (Fsp3) is 1.00. The topological polar surface area (TPSA) is 24.1 Å². The van der Waals surface area contributed by atoms with Gasteiger partial charge in [-0.05, 0) is 12.8 Å². The second-order valence-corrected chi connectivity index (χ2v) is 3.13. The summed E-state index contributed by atoms with van der Waals surface area (Å²) < 4.78 is 0. The standard InChI is InChI=1S/C7H14N2/c1-2-5-4-8-6-3-7(6)9-5/h5-9H,2-4H2,1H3. The maximum absolute atomic E-state index is 3.58. The van der Waals surface area contributed by atoms with Gasteiger partial charge < -0.3 is 10.6 Å². The zero-order chi connectivity index (χ0) is 6.27. The van der Waals surface area contributed by atoms with Crippen molar-refractivity contribution >= 4 is 0 Å². The van der Waals surface area contributed by atoms with Gasteiger partial charge in [0.05, 0.1) is 0 Å². The molecule has 0 spiro atoms. The van der Waals surface area contributed by atoms with Gasteiger partial charge in [-0.3, -0.25) is 0 Å². The minimum Gasteiger partial charge on any atom is -0.311 e. The highest BCUT2D eigenvalue weighted by molar-refractivity contribution is 5.05. The van der Waals surface area contributed by atoms with Crippen molar-refractivity contribution in [3.63, 3.8) is 0 Å². The molecular weight excluding hydrogens is 112 g/mol. The van der Waals surface area contributed by atoms with Crippen LogP contribution in [0.1, 0.15) is 19.8 Å². The lowest BCUT2D eigenvalue weighted by molar-refractivity contribution is 0.405. The van der Waals surface area contributed by atoms with Crippen molar-refractivity contribution in [2.45, 2.75) is 37.9 Å². The van der Waals surface area contributed by atoms with E-state index in [0.29, 0.717) is 0 Å². The number of piperazine rings is 1. The van der Waals surface area contributed by atoms with E-state index in [1.807, 2.05) is 0 Å². The summed E-state index contributed by atoms with van der Waals surface area (Å²) in [6.07, 6.45) is 2.62. The number of hydrogen-bond acceptors (Lipinski definition) is 2. The fourth-order valence-electron chi connectivity index (χ4n) is 1.52. The van der Waals surface area contributed by atoms with E-state index in [1.54, 1.807) is 0 Å². The molecule has 2 rings (SSSR count). The molecule has 9 heavy (non-hydrogen) atoms. The van der Waals surface area contributed by atoms with Crippen molar-refractivity contribution in [1.29, 1.82) is 0 Å². The lowest BCUT2D eigenvalue weighted by Gasteiger charge is -2.22. The van der Waals surface area contributed by atoms with Crippen LogP contribution in [0.15, 0.2) is 0 Å². The molecule has 0 radical (unpaired) electrons. The first-order valence-electron chi connectivity index (χ1n) is 3.89. The van der Waals surface area contributed by atoms with E-state index < -0.39 is 0 Å². The largest absolute Gasteiger partial charge is 0.311 e. The van der Waals surface area contributed by atoms with Gasteiger partial charge in [-0.25, -0.2) is 0 Å². The van der Waals surface area contributed by atoms with Crippen molar-refractivity contribution in [1.82, 2.24) is 10.6 Å². The van der Waals surface area contributed by atoms with E-state index in [-0.39, 0.29) is 0 Å². The van der Waals surface area contributed by atoms with Crippen molar-refractivity contribution in [3.05, 3.63) is 0 Å². The quantitative estimate of drug-likeness (QED) is 0.520. The summed E-state index contributed by atoms with van der Waals surface area (Å²) in [5.74, 6) is 0. The van der Waals surface area contributed by atoms with Gasteiger partial charge in [-0.2, -0.15) is 0 Å². The third kappa shape index (κ3) is 0.970. The number of hydrogen-bond donors (Lipinski definition) is 2. The van der Waals surface area contributed by atoms with Crippen LogP contribution in [0.25, 0.3) is 0 Å². The Bertz CT molecular complexity index is 113. The summed E-state index contributed by atoms with van der Waals surface area (Å²) in [6, 6.07) is 2.39. The molecule has 0 aromatic heterocycles. The zero-order valence-electron chi connectivity index (χ0n) is 5.85. The molecule has 3 atom stereocenters. The van der Waals surface area contributed by atoms with Crippen molar-refractivity contribution in [3.8, 4) is 0 Å². The highest BCUT2D eigenvalue weighted by Crippen LogP contribution is 2.24. The molecule has 2 fully saturated rings. The minimum absolute atomic E-state index is 0.744. The van der Waals surface area contributed by atoms with Crippen LogP contribution >= 0.6 is 0 Å². The smallest absolute Gasteiger partial charge is 0.0240 e. The molecule has 1 saturated heterocycles. The van der Waals surface area contributed by atoms with Crippen LogP contribution in [0.2, 0.25) is 0 Å². The average molecular weight is 126 g/mol. The first-order chi connectivity index (χ1) is 4.40. The Kier molecular flexibility index (Phi) is 1.24. The Morgan fingerprint density at radius 1 is 1.44 bits per heavy atom. The predicted octanol–water partition coefficient (Wildman–Crippen LogP) is 0.0987. The van der Waals surface area contributed by atoms with Crippen LogP contribution in [-0.4, -0.2) is 24.7 Å². The summed E-state index contributed by atoms with van der Waals surface area (Å²) in [5.41, 5.74) is 0. The summed E-state index contributed by atoms with van der Waals surface area (Å²) >= 11 is 0. The number of nitrogens with one attached hydrogen (secondary N) is 2. The van der Waals surface area contributed by atoms with Crippen molar-refractivity contribution < 1.29 is 0 Å². The van der Waals surface area contributed by atoms with E-state index in [2.05, 4.69) is 17.6 Å². The first-order valence-corrected chi connectivity index (χ1v) is 3.89. The van der Waals surface area contributed by atoms with Crippen LogP contribution < -0.4 is 10.6 Å². The monoisotopic (exact) mass is 126 g/mol. The van der Waals surface area contributed by atoms with Gasteiger partial charge in [0.2, 0.25) is 0 Å².